The molecule has 0 aromatic carbocycles. The van der Waals surface area contributed by atoms with Crippen LogP contribution < -0.4 is 90.5 Å². The van der Waals surface area contributed by atoms with Crippen molar-refractivity contribution < 1.29 is 134 Å². The first-order valence-electron chi connectivity index (χ1n) is 3.22. The van der Waals surface area contributed by atoms with Gasteiger partial charge in [0.05, 0.1) is 13.2 Å². The molecule has 0 heterocycles. The van der Waals surface area contributed by atoms with Crippen LogP contribution in [0.1, 0.15) is 0 Å². The van der Waals surface area contributed by atoms with Gasteiger partial charge in [-0.05, 0) is 0 Å². The van der Waals surface area contributed by atoms with Crippen LogP contribution in [0.4, 0.5) is 0 Å². The van der Waals surface area contributed by atoms with E-state index in [0.29, 0.717) is 0 Å². The average molecular weight is 350 g/mol. The van der Waals surface area contributed by atoms with E-state index < -0.39 is 21.7 Å². The standard InChI is InChI=1S/C3H8O3.FH.K.Na.H4O7P2/c4-1-3(6)2-5;;;;1-8(2,3)7-9(4,5)6/h3-6H,1-2H2;1H;;;(H2,1,2,3)(H2,4,5,6)/q;;2*+1;/p-2. The molecule has 0 radical (unpaired) electrons. The Kier molecular flexibility index (Phi) is 29.1. The summed E-state index contributed by atoms with van der Waals surface area (Å²) >= 11 is 0. The molecular weight excluding hydrogens is 339 g/mol. The third-order valence-corrected chi connectivity index (χ3v) is 2.31. The van der Waals surface area contributed by atoms with Crippen LogP contribution in [0.2, 0.25) is 0 Å². The Morgan fingerprint density at radius 1 is 1.11 bits per heavy atom. The maximum atomic E-state index is 9.59. The van der Waals surface area contributed by atoms with Crippen molar-refractivity contribution in [3.05, 3.63) is 0 Å². The topological polar surface area (TPSA) is 188 Å². The van der Waals surface area contributed by atoms with Crippen molar-refractivity contribution in [3.63, 3.8) is 0 Å². The van der Waals surface area contributed by atoms with Gasteiger partial charge in [0.25, 0.3) is 7.82 Å². The molecule has 0 amide bonds. The fraction of sp³-hybridized carbons (Fsp3) is 1.00. The van der Waals surface area contributed by atoms with E-state index >= 15 is 0 Å². The molecule has 1 atom stereocenters. The van der Waals surface area contributed by atoms with E-state index in [0.717, 1.165) is 0 Å². The molecule has 0 fully saturated rings. The summed E-state index contributed by atoms with van der Waals surface area (Å²) in [4.78, 5) is 32.6. The summed E-state index contributed by atoms with van der Waals surface area (Å²) in [5.74, 6) is 0. The van der Waals surface area contributed by atoms with Crippen LogP contribution in [0.3, 0.4) is 0 Å². The molecule has 1 unspecified atom stereocenters. The van der Waals surface area contributed by atoms with Crippen molar-refractivity contribution in [2.75, 3.05) is 13.2 Å². The van der Waals surface area contributed by atoms with Gasteiger partial charge >= 0.3 is 88.8 Å². The molecule has 0 rings (SSSR count). The van der Waals surface area contributed by atoms with Gasteiger partial charge in [0.15, 0.2) is 0 Å². The zero-order chi connectivity index (χ0) is 12.7. The van der Waals surface area contributed by atoms with Gasteiger partial charge in [0.1, 0.15) is 6.10 Å². The van der Waals surface area contributed by atoms with Crippen LogP contribution >= 0.6 is 15.6 Å². The van der Waals surface area contributed by atoms with Crippen molar-refractivity contribution >= 4 is 15.6 Å². The predicted octanol–water partition coefficient (Wildman–Crippen LogP) is -12.1. The van der Waals surface area contributed by atoms with Crippen molar-refractivity contribution in [2.24, 2.45) is 0 Å². The molecule has 0 spiro atoms. The minimum Gasteiger partial charge on any atom is -1.00 e. The molecule has 18 heavy (non-hydrogen) atoms. The van der Waals surface area contributed by atoms with E-state index in [4.69, 9.17) is 30.0 Å². The largest absolute Gasteiger partial charge is 1.00 e. The number of hydrogen-bond donors (Lipinski definition) is 6. The van der Waals surface area contributed by atoms with Gasteiger partial charge < -0.3 is 39.6 Å². The van der Waals surface area contributed by atoms with Gasteiger partial charge in [-0.3, -0.25) is 4.57 Å². The van der Waals surface area contributed by atoms with Crippen LogP contribution in [-0.4, -0.2) is 49.3 Å². The molecule has 10 nitrogen and oxygen atoms in total. The van der Waals surface area contributed by atoms with Crippen LogP contribution in [0.25, 0.3) is 0 Å². The summed E-state index contributed by atoms with van der Waals surface area (Å²) in [5.41, 5.74) is 0. The van der Waals surface area contributed by atoms with E-state index in [-0.39, 0.29) is 98.9 Å². The van der Waals surface area contributed by atoms with Crippen molar-refractivity contribution in [1.29, 1.82) is 0 Å². The van der Waals surface area contributed by atoms with Gasteiger partial charge in [0, 0.05) is 0 Å². The average Bonchev–Trinajstić information content (AvgIpc) is 1.97. The van der Waals surface area contributed by atoms with E-state index in [9.17, 15) is 14.0 Å². The molecule has 0 aromatic heterocycles. The van der Waals surface area contributed by atoms with Crippen LogP contribution in [0, 0.1) is 0 Å². The summed E-state index contributed by atoms with van der Waals surface area (Å²) in [7, 11) is -10.4. The third kappa shape index (κ3) is 36.3. The maximum Gasteiger partial charge on any atom is 1.00 e. The summed E-state index contributed by atoms with van der Waals surface area (Å²) in [6, 6.07) is 0. The first kappa shape index (κ1) is 32.6. The fourth-order valence-corrected chi connectivity index (χ4v) is 1.27. The number of halogens is 1. The molecule has 6 N–H and O–H groups in total. The first-order valence-corrected chi connectivity index (χ1v) is 6.25. The number of hydrogen-bond acceptors (Lipinski definition) is 7. The normalized spacial score (nSPS) is 12.9. The predicted molar refractivity (Wildman–Crippen MR) is 43.1 cm³/mol. The molecule has 0 saturated heterocycles. The summed E-state index contributed by atoms with van der Waals surface area (Å²) < 4.78 is 21.9. The molecule has 0 aliphatic rings. The Morgan fingerprint density at radius 2 is 1.39 bits per heavy atom. The fourth-order valence-electron chi connectivity index (χ4n) is 0.192. The monoisotopic (exact) mass is 350 g/mol. The first-order chi connectivity index (χ1) is 6.52. The molecule has 0 bridgehead atoms. The summed E-state index contributed by atoms with van der Waals surface area (Å²) in [6.07, 6.45) is -0.954. The number of phosphoric acid groups is 2. The van der Waals surface area contributed by atoms with Gasteiger partial charge in [-0.1, -0.05) is 0 Å². The van der Waals surface area contributed by atoms with E-state index in [1.54, 1.807) is 0 Å². The second kappa shape index (κ2) is 16.1. The summed E-state index contributed by atoms with van der Waals surface area (Å²) in [6.45, 7) is -0.729. The van der Waals surface area contributed by atoms with Crippen molar-refractivity contribution in [3.8, 4) is 0 Å². The van der Waals surface area contributed by atoms with Crippen molar-refractivity contribution in [1.82, 2.24) is 0 Å². The Hall–Kier alpha value is 2.71. The van der Waals surface area contributed by atoms with Crippen LogP contribution in [0.5, 0.6) is 0 Å². The Bertz CT molecular complexity index is 232. The van der Waals surface area contributed by atoms with E-state index in [1.807, 2.05) is 0 Å². The van der Waals surface area contributed by atoms with Gasteiger partial charge in [-0.15, -0.1) is 0 Å². The Morgan fingerprint density at radius 3 is 1.39 bits per heavy atom. The Balaban J connectivity index is -0.0000000566. The molecule has 0 aliphatic heterocycles. The second-order valence-electron chi connectivity index (χ2n) is 2.06. The second-order valence-corrected chi connectivity index (χ2v) is 4.63. The Labute approximate surface area is 166 Å². The molecule has 102 valence electrons. The SMILES string of the molecule is O=P([O-])(O)OP(=O)(O)O.OCC(O)CO.[F-].[K+].[Na+]. The third-order valence-electron chi connectivity index (χ3n) is 0.631. The molecule has 0 aliphatic carbocycles. The molecule has 15 heteroatoms. The number of rotatable bonds is 4. The van der Waals surface area contributed by atoms with Gasteiger partial charge in [-0.2, -0.15) is 0 Å². The number of aliphatic hydroxyl groups excluding tert-OH is 3. The van der Waals surface area contributed by atoms with Crippen LogP contribution in [-0.2, 0) is 13.4 Å². The zero-order valence-corrected chi connectivity index (χ0v) is 16.5. The summed E-state index contributed by atoms with van der Waals surface area (Å²) in [5, 5.41) is 24.0. The maximum absolute atomic E-state index is 9.59. The van der Waals surface area contributed by atoms with Crippen molar-refractivity contribution in [2.45, 2.75) is 6.10 Å². The minimum absolute atomic E-state index is 0. The van der Waals surface area contributed by atoms with E-state index in [2.05, 4.69) is 4.31 Å². The molecule has 0 saturated carbocycles. The number of aliphatic hydroxyl groups is 3. The quantitative estimate of drug-likeness (QED) is 0.210. The smallest absolute Gasteiger partial charge is 1.00 e. The molecular formula is C3H11FKNaO10P2. The minimum atomic E-state index is -5.30. The van der Waals surface area contributed by atoms with Gasteiger partial charge in [-0.25, -0.2) is 8.88 Å². The molecule has 0 aromatic rings. The van der Waals surface area contributed by atoms with E-state index in [1.165, 1.54) is 0 Å². The van der Waals surface area contributed by atoms with Gasteiger partial charge in [0.2, 0.25) is 0 Å². The van der Waals surface area contributed by atoms with Crippen LogP contribution in [0.15, 0.2) is 0 Å². The zero-order valence-electron chi connectivity index (χ0n) is 9.58.